The normalized spacial score (nSPS) is 24.6. The Kier molecular flexibility index (Phi) is 3.84. The van der Waals surface area contributed by atoms with E-state index in [-0.39, 0.29) is 11.5 Å². The molecule has 1 aliphatic heterocycles. The Morgan fingerprint density at radius 2 is 1.65 bits per heavy atom. The van der Waals surface area contributed by atoms with Crippen molar-refractivity contribution in [2.24, 2.45) is 0 Å². The topological polar surface area (TPSA) is 36.3 Å². The highest BCUT2D eigenvalue weighted by Gasteiger charge is 2.54. The van der Waals surface area contributed by atoms with Gasteiger partial charge in [-0.2, -0.15) is 18.3 Å². The zero-order chi connectivity index (χ0) is 17.0. The third-order valence-corrected chi connectivity index (χ3v) is 5.23. The molecular weight excluding hydrogens is 308 g/mol. The Morgan fingerprint density at radius 1 is 1.13 bits per heavy atom. The third kappa shape index (κ3) is 2.91. The lowest BCUT2D eigenvalue weighted by Gasteiger charge is -2.32. The van der Waals surface area contributed by atoms with Gasteiger partial charge >= 0.3 is 13.3 Å². The zero-order valence-corrected chi connectivity index (χ0v) is 13.9. The van der Waals surface area contributed by atoms with Gasteiger partial charge in [0.2, 0.25) is 0 Å². The van der Waals surface area contributed by atoms with Gasteiger partial charge in [-0.05, 0) is 40.5 Å². The van der Waals surface area contributed by atoms with Crippen LogP contribution in [0.15, 0.2) is 6.20 Å². The van der Waals surface area contributed by atoms with Gasteiger partial charge in [0.05, 0.1) is 17.2 Å². The molecule has 1 aliphatic carbocycles. The number of rotatable bonds is 2. The van der Waals surface area contributed by atoms with Crippen LogP contribution in [-0.4, -0.2) is 28.1 Å². The van der Waals surface area contributed by atoms with Crippen molar-refractivity contribution in [2.45, 2.75) is 76.8 Å². The van der Waals surface area contributed by atoms with Gasteiger partial charge in [0, 0.05) is 11.7 Å². The van der Waals surface area contributed by atoms with Crippen LogP contribution in [0.25, 0.3) is 0 Å². The molecule has 8 heteroatoms. The van der Waals surface area contributed by atoms with E-state index >= 15 is 0 Å². The van der Waals surface area contributed by atoms with Gasteiger partial charge in [0.25, 0.3) is 0 Å². The van der Waals surface area contributed by atoms with Gasteiger partial charge in [-0.3, -0.25) is 4.68 Å². The van der Waals surface area contributed by atoms with Gasteiger partial charge < -0.3 is 9.31 Å². The van der Waals surface area contributed by atoms with Crippen LogP contribution < -0.4 is 5.46 Å². The van der Waals surface area contributed by atoms with E-state index < -0.39 is 30.2 Å². The van der Waals surface area contributed by atoms with Crippen LogP contribution in [0.4, 0.5) is 13.2 Å². The van der Waals surface area contributed by atoms with E-state index in [0.29, 0.717) is 0 Å². The molecule has 0 unspecified atom stereocenters. The molecule has 2 aliphatic rings. The SMILES string of the molecule is CC1(C)OB(c2cn(C3CCCC3)nc2C(F)(F)F)OC1(C)C. The molecule has 0 amide bonds. The van der Waals surface area contributed by atoms with Gasteiger partial charge in [-0.1, -0.05) is 12.8 Å². The molecule has 0 aromatic carbocycles. The second-order valence-electron chi connectivity index (χ2n) is 7.44. The molecule has 1 aromatic rings. The first-order valence-electron chi connectivity index (χ1n) is 8.03. The summed E-state index contributed by atoms with van der Waals surface area (Å²) >= 11 is 0. The molecule has 2 heterocycles. The molecular formula is C15H22BF3N2O2. The number of aromatic nitrogens is 2. The summed E-state index contributed by atoms with van der Waals surface area (Å²) in [4.78, 5) is 0. The molecule has 4 nitrogen and oxygen atoms in total. The van der Waals surface area contributed by atoms with Crippen molar-refractivity contribution in [3.63, 3.8) is 0 Å². The van der Waals surface area contributed by atoms with Crippen molar-refractivity contribution in [3.8, 4) is 0 Å². The molecule has 3 rings (SSSR count). The second kappa shape index (κ2) is 5.24. The smallest absolute Gasteiger partial charge is 0.399 e. The van der Waals surface area contributed by atoms with Crippen LogP contribution in [0.2, 0.25) is 0 Å². The van der Waals surface area contributed by atoms with E-state index in [9.17, 15) is 13.2 Å². The molecule has 0 N–H and O–H groups in total. The van der Waals surface area contributed by atoms with Crippen molar-refractivity contribution >= 4 is 12.6 Å². The Labute approximate surface area is 134 Å². The summed E-state index contributed by atoms with van der Waals surface area (Å²) in [6.07, 6.45) is 0.711. The van der Waals surface area contributed by atoms with Gasteiger partial charge in [0.15, 0.2) is 5.69 Å². The fourth-order valence-electron chi connectivity index (χ4n) is 3.12. The monoisotopic (exact) mass is 330 g/mol. The first-order valence-corrected chi connectivity index (χ1v) is 8.03. The summed E-state index contributed by atoms with van der Waals surface area (Å²) in [7, 11) is -1.05. The Hall–Kier alpha value is -1.02. The van der Waals surface area contributed by atoms with Crippen LogP contribution in [0, 0.1) is 0 Å². The lowest BCUT2D eigenvalue weighted by molar-refractivity contribution is -0.140. The Bertz CT molecular complexity index is 576. The van der Waals surface area contributed by atoms with E-state index in [1.54, 1.807) is 0 Å². The summed E-state index contributed by atoms with van der Waals surface area (Å²) in [5, 5.41) is 3.84. The Balaban J connectivity index is 1.98. The lowest BCUT2D eigenvalue weighted by Crippen LogP contribution is -2.41. The Morgan fingerprint density at radius 3 is 2.13 bits per heavy atom. The summed E-state index contributed by atoms with van der Waals surface area (Å²) < 4.78 is 53.2. The molecule has 128 valence electrons. The first-order chi connectivity index (χ1) is 10.5. The van der Waals surface area contributed by atoms with Crippen molar-refractivity contribution in [2.75, 3.05) is 0 Å². The van der Waals surface area contributed by atoms with Crippen LogP contribution in [0.5, 0.6) is 0 Å². The predicted octanol–water partition coefficient (Wildman–Crippen LogP) is 3.32. The van der Waals surface area contributed by atoms with E-state index in [4.69, 9.17) is 9.31 Å². The predicted molar refractivity (Wildman–Crippen MR) is 80.5 cm³/mol. The van der Waals surface area contributed by atoms with E-state index in [2.05, 4.69) is 5.10 Å². The minimum absolute atomic E-state index is 0.0250. The van der Waals surface area contributed by atoms with Crippen molar-refractivity contribution in [1.29, 1.82) is 0 Å². The van der Waals surface area contributed by atoms with Gasteiger partial charge in [-0.25, -0.2) is 0 Å². The molecule has 23 heavy (non-hydrogen) atoms. The van der Waals surface area contributed by atoms with Gasteiger partial charge in [0.1, 0.15) is 0 Å². The first kappa shape index (κ1) is 16.8. The lowest BCUT2D eigenvalue weighted by atomic mass is 9.79. The summed E-state index contributed by atoms with van der Waals surface area (Å²) in [6.45, 7) is 7.28. The molecule has 0 bridgehead atoms. The van der Waals surface area contributed by atoms with Crippen LogP contribution in [0.1, 0.15) is 65.1 Å². The number of hydrogen-bond donors (Lipinski definition) is 0. The van der Waals surface area contributed by atoms with Crippen molar-refractivity contribution < 1.29 is 22.5 Å². The van der Waals surface area contributed by atoms with E-state index in [0.717, 1.165) is 25.7 Å². The average molecular weight is 330 g/mol. The number of hydrogen-bond acceptors (Lipinski definition) is 3. The molecule has 2 fully saturated rings. The maximum atomic E-state index is 13.4. The maximum Gasteiger partial charge on any atom is 0.498 e. The van der Waals surface area contributed by atoms with Crippen molar-refractivity contribution in [3.05, 3.63) is 11.9 Å². The average Bonchev–Trinajstić information content (AvgIpc) is 3.08. The number of nitrogens with zero attached hydrogens (tertiary/aromatic N) is 2. The summed E-state index contributed by atoms with van der Waals surface area (Å²) in [5.74, 6) is 0. The standard InChI is InChI=1S/C15H22BF3N2O2/c1-13(2)14(3,4)23-16(22-13)11-9-21(10-7-5-6-8-10)20-12(11)15(17,18)19/h9-10H,5-8H2,1-4H3. The molecule has 0 atom stereocenters. The largest absolute Gasteiger partial charge is 0.498 e. The van der Waals surface area contributed by atoms with E-state index in [1.807, 2.05) is 27.7 Å². The maximum absolute atomic E-state index is 13.4. The molecule has 0 radical (unpaired) electrons. The molecule has 1 aromatic heterocycles. The van der Waals surface area contributed by atoms with Gasteiger partial charge in [-0.15, -0.1) is 0 Å². The zero-order valence-electron chi connectivity index (χ0n) is 13.9. The fourth-order valence-corrected chi connectivity index (χ4v) is 3.12. The summed E-state index contributed by atoms with van der Waals surface area (Å²) in [5.41, 5.74) is -2.29. The van der Waals surface area contributed by atoms with Crippen LogP contribution in [-0.2, 0) is 15.5 Å². The molecule has 0 spiro atoms. The van der Waals surface area contributed by atoms with Crippen LogP contribution >= 0.6 is 0 Å². The van der Waals surface area contributed by atoms with Crippen molar-refractivity contribution in [1.82, 2.24) is 9.78 Å². The fraction of sp³-hybridized carbons (Fsp3) is 0.800. The second-order valence-corrected chi connectivity index (χ2v) is 7.44. The third-order valence-electron chi connectivity index (χ3n) is 5.23. The number of alkyl halides is 3. The summed E-state index contributed by atoms with van der Waals surface area (Å²) in [6, 6.07) is 0.0345. The molecule has 1 saturated heterocycles. The van der Waals surface area contributed by atoms with E-state index in [1.165, 1.54) is 10.9 Å². The minimum atomic E-state index is -4.53. The quantitative estimate of drug-likeness (QED) is 0.781. The highest BCUT2D eigenvalue weighted by Crippen LogP contribution is 2.38. The molecule has 1 saturated carbocycles. The minimum Gasteiger partial charge on any atom is -0.399 e. The van der Waals surface area contributed by atoms with Crippen LogP contribution in [0.3, 0.4) is 0 Å². The highest BCUT2D eigenvalue weighted by molar-refractivity contribution is 6.62. The highest BCUT2D eigenvalue weighted by atomic mass is 19.4. The number of halogens is 3.